The Balaban J connectivity index is 2.59. The third-order valence-corrected chi connectivity index (χ3v) is 3.40. The fourth-order valence-electron chi connectivity index (χ4n) is 2.24. The molecule has 1 N–H and O–H groups in total. The van der Waals surface area contributed by atoms with Gasteiger partial charge >= 0.3 is 0 Å². The summed E-state index contributed by atoms with van der Waals surface area (Å²) in [5.41, 5.74) is 1.10. The molecule has 0 aliphatic carbocycles. The average molecular weight is 265 g/mol. The number of hydrogen-bond donors (Lipinski definition) is 1. The van der Waals surface area contributed by atoms with Crippen molar-refractivity contribution in [3.63, 3.8) is 0 Å². The van der Waals surface area contributed by atoms with Gasteiger partial charge in [0.1, 0.15) is 0 Å². The first-order chi connectivity index (χ1) is 8.90. The lowest BCUT2D eigenvalue weighted by Crippen LogP contribution is -2.14. The minimum absolute atomic E-state index is 0.523. The van der Waals surface area contributed by atoms with E-state index in [-0.39, 0.29) is 0 Å². The first-order valence-electron chi connectivity index (χ1n) is 7.69. The number of imidazole rings is 1. The second-order valence-electron chi connectivity index (χ2n) is 6.56. The van der Waals surface area contributed by atoms with Gasteiger partial charge in [-0.1, -0.05) is 40.5 Å². The Hall–Kier alpha value is -0.990. The second kappa shape index (κ2) is 7.56. The summed E-state index contributed by atoms with van der Waals surface area (Å²) >= 11 is 0. The maximum Gasteiger partial charge on any atom is 0.203 e. The quantitative estimate of drug-likeness (QED) is 0.741. The third kappa shape index (κ3) is 5.66. The van der Waals surface area contributed by atoms with Crippen LogP contribution in [0.15, 0.2) is 6.20 Å². The van der Waals surface area contributed by atoms with Gasteiger partial charge in [-0.05, 0) is 32.1 Å². The predicted octanol–water partition coefficient (Wildman–Crippen LogP) is 4.65. The van der Waals surface area contributed by atoms with Gasteiger partial charge in [-0.15, -0.1) is 0 Å². The van der Waals surface area contributed by atoms with Crippen LogP contribution in [-0.2, 0) is 0 Å². The van der Waals surface area contributed by atoms with Crippen LogP contribution in [0.2, 0.25) is 0 Å². The number of nitrogens with zero attached hydrogens (tertiary/aromatic N) is 2. The zero-order valence-corrected chi connectivity index (χ0v) is 13.5. The molecule has 0 aromatic carbocycles. The Morgan fingerprint density at radius 1 is 1.11 bits per heavy atom. The molecule has 1 unspecified atom stereocenters. The smallest absolute Gasteiger partial charge is 0.203 e. The van der Waals surface area contributed by atoms with Crippen molar-refractivity contribution in [3.8, 4) is 0 Å². The Labute approximate surface area is 118 Å². The molecule has 110 valence electrons. The van der Waals surface area contributed by atoms with Crippen LogP contribution in [0.3, 0.4) is 0 Å². The van der Waals surface area contributed by atoms with Gasteiger partial charge in [0.05, 0.1) is 5.69 Å². The second-order valence-corrected chi connectivity index (χ2v) is 6.56. The molecule has 1 heterocycles. The average Bonchev–Trinajstić information content (AvgIpc) is 2.67. The molecule has 0 saturated heterocycles. The van der Waals surface area contributed by atoms with Crippen molar-refractivity contribution in [2.24, 2.45) is 11.8 Å². The highest BCUT2D eigenvalue weighted by atomic mass is 15.2. The number of nitrogens with one attached hydrogen (secondary N) is 1. The van der Waals surface area contributed by atoms with Crippen LogP contribution in [0, 0.1) is 18.8 Å². The first-order valence-corrected chi connectivity index (χ1v) is 7.69. The van der Waals surface area contributed by atoms with E-state index < -0.39 is 0 Å². The zero-order chi connectivity index (χ0) is 14.4. The Kier molecular flexibility index (Phi) is 6.40. The standard InChI is InChI=1S/C16H31N3/c1-12(2)8-7-9-15(6)19-11-14(5)18-16(19)17-10-13(3)4/h11-13,15H,7-10H2,1-6H3,(H,17,18). The molecule has 19 heavy (non-hydrogen) atoms. The predicted molar refractivity (Wildman–Crippen MR) is 83.7 cm³/mol. The summed E-state index contributed by atoms with van der Waals surface area (Å²) in [5, 5.41) is 3.47. The third-order valence-electron chi connectivity index (χ3n) is 3.40. The van der Waals surface area contributed by atoms with E-state index in [1.54, 1.807) is 0 Å². The van der Waals surface area contributed by atoms with Crippen molar-refractivity contribution in [1.29, 1.82) is 0 Å². The topological polar surface area (TPSA) is 29.9 Å². The molecular weight excluding hydrogens is 234 g/mol. The van der Waals surface area contributed by atoms with Crippen LogP contribution in [0.4, 0.5) is 5.95 Å². The molecule has 0 saturated carbocycles. The van der Waals surface area contributed by atoms with Crippen LogP contribution in [-0.4, -0.2) is 16.1 Å². The minimum Gasteiger partial charge on any atom is -0.355 e. The van der Waals surface area contributed by atoms with Crippen LogP contribution in [0.1, 0.15) is 65.6 Å². The summed E-state index contributed by atoms with van der Waals surface area (Å²) < 4.78 is 2.30. The molecule has 0 radical (unpaired) electrons. The maximum atomic E-state index is 4.60. The van der Waals surface area contributed by atoms with Crippen molar-refractivity contribution >= 4 is 5.95 Å². The number of hydrogen-bond acceptors (Lipinski definition) is 2. The van der Waals surface area contributed by atoms with E-state index in [2.05, 4.69) is 62.6 Å². The summed E-state index contributed by atoms with van der Waals surface area (Å²) in [5.74, 6) is 2.47. The van der Waals surface area contributed by atoms with Crippen molar-refractivity contribution < 1.29 is 0 Å². The van der Waals surface area contributed by atoms with Crippen LogP contribution in [0.25, 0.3) is 0 Å². The van der Waals surface area contributed by atoms with Gasteiger partial charge in [0, 0.05) is 18.8 Å². The lowest BCUT2D eigenvalue weighted by molar-refractivity contribution is 0.449. The highest BCUT2D eigenvalue weighted by Crippen LogP contribution is 2.22. The molecule has 0 spiro atoms. The number of aromatic nitrogens is 2. The molecule has 1 atom stereocenters. The highest BCUT2D eigenvalue weighted by Gasteiger charge is 2.12. The van der Waals surface area contributed by atoms with E-state index in [0.29, 0.717) is 12.0 Å². The molecule has 0 aliphatic heterocycles. The number of aryl methyl sites for hydroxylation is 1. The first kappa shape index (κ1) is 16.1. The molecule has 3 heteroatoms. The molecule has 0 bridgehead atoms. The van der Waals surface area contributed by atoms with Gasteiger partial charge < -0.3 is 9.88 Å². The lowest BCUT2D eigenvalue weighted by atomic mass is 10.0. The highest BCUT2D eigenvalue weighted by molar-refractivity contribution is 5.29. The van der Waals surface area contributed by atoms with Crippen LogP contribution < -0.4 is 5.32 Å². The van der Waals surface area contributed by atoms with Crippen molar-refractivity contribution in [2.45, 2.75) is 66.8 Å². The van der Waals surface area contributed by atoms with Gasteiger partial charge in [-0.25, -0.2) is 4.98 Å². The largest absolute Gasteiger partial charge is 0.355 e. The SMILES string of the molecule is Cc1cn(C(C)CCCC(C)C)c(NCC(C)C)n1. The van der Waals surface area contributed by atoms with E-state index in [1.807, 2.05) is 0 Å². The minimum atomic E-state index is 0.523. The van der Waals surface area contributed by atoms with Crippen molar-refractivity contribution in [1.82, 2.24) is 9.55 Å². The summed E-state index contributed by atoms with van der Waals surface area (Å²) in [6.07, 6.45) is 6.00. The van der Waals surface area contributed by atoms with E-state index in [0.717, 1.165) is 24.1 Å². The van der Waals surface area contributed by atoms with Gasteiger partial charge in [0.15, 0.2) is 0 Å². The molecular formula is C16H31N3. The molecule has 0 aliphatic rings. The van der Waals surface area contributed by atoms with Gasteiger partial charge in [-0.2, -0.15) is 0 Å². The molecule has 0 amide bonds. The fourth-order valence-corrected chi connectivity index (χ4v) is 2.24. The van der Waals surface area contributed by atoms with Gasteiger partial charge in [0.2, 0.25) is 5.95 Å². The normalized spacial score (nSPS) is 13.3. The fraction of sp³-hybridized carbons (Fsp3) is 0.812. The van der Waals surface area contributed by atoms with E-state index in [9.17, 15) is 0 Å². The number of rotatable bonds is 8. The number of anilines is 1. The van der Waals surface area contributed by atoms with E-state index in [4.69, 9.17) is 0 Å². The van der Waals surface area contributed by atoms with E-state index in [1.165, 1.54) is 19.3 Å². The molecule has 0 fully saturated rings. The van der Waals surface area contributed by atoms with Crippen LogP contribution in [0.5, 0.6) is 0 Å². The monoisotopic (exact) mass is 265 g/mol. The summed E-state index contributed by atoms with van der Waals surface area (Å²) in [6, 6.07) is 0.523. The summed E-state index contributed by atoms with van der Waals surface area (Å²) in [6.45, 7) is 14.4. The van der Waals surface area contributed by atoms with E-state index >= 15 is 0 Å². The zero-order valence-electron chi connectivity index (χ0n) is 13.5. The Bertz CT molecular complexity index is 366. The Morgan fingerprint density at radius 3 is 2.37 bits per heavy atom. The lowest BCUT2D eigenvalue weighted by Gasteiger charge is -2.18. The van der Waals surface area contributed by atoms with Crippen LogP contribution >= 0.6 is 0 Å². The maximum absolute atomic E-state index is 4.60. The molecule has 1 aromatic rings. The molecule has 1 aromatic heterocycles. The Morgan fingerprint density at radius 2 is 1.79 bits per heavy atom. The summed E-state index contributed by atoms with van der Waals surface area (Å²) in [7, 11) is 0. The molecule has 1 rings (SSSR count). The van der Waals surface area contributed by atoms with Crippen molar-refractivity contribution in [3.05, 3.63) is 11.9 Å². The van der Waals surface area contributed by atoms with Gasteiger partial charge in [0.25, 0.3) is 0 Å². The van der Waals surface area contributed by atoms with Crippen molar-refractivity contribution in [2.75, 3.05) is 11.9 Å². The molecule has 3 nitrogen and oxygen atoms in total. The van der Waals surface area contributed by atoms with Gasteiger partial charge in [-0.3, -0.25) is 0 Å². The summed E-state index contributed by atoms with van der Waals surface area (Å²) in [4.78, 5) is 4.60.